The Bertz CT molecular complexity index is 122. The van der Waals surface area contributed by atoms with Gasteiger partial charge in [0.2, 0.25) is 0 Å². The van der Waals surface area contributed by atoms with E-state index in [9.17, 15) is 0 Å². The first-order valence-corrected chi connectivity index (χ1v) is 2.92. The molecule has 0 spiro atoms. The quantitative estimate of drug-likeness (QED) is 0.532. The number of hydrogen-bond acceptors (Lipinski definition) is 5. The lowest BCUT2D eigenvalue weighted by Crippen LogP contribution is -2.43. The summed E-state index contributed by atoms with van der Waals surface area (Å²) in [4.78, 5) is 0. The van der Waals surface area contributed by atoms with E-state index in [0.717, 1.165) is 6.54 Å². The molecule has 1 aliphatic heterocycles. The highest BCUT2D eigenvalue weighted by atomic mass is 15.8. The SMILES string of the molecule is CCN1N=NN(C)C1N. The molecule has 1 heterocycles. The second kappa shape index (κ2) is 2.18. The van der Waals surface area contributed by atoms with Gasteiger partial charge in [-0.15, -0.1) is 0 Å². The maximum atomic E-state index is 5.60. The third-order valence-corrected chi connectivity index (χ3v) is 1.31. The number of rotatable bonds is 1. The molecule has 2 N–H and O–H groups in total. The van der Waals surface area contributed by atoms with Crippen molar-refractivity contribution in [3.63, 3.8) is 0 Å². The third kappa shape index (κ3) is 0.951. The number of nitrogens with two attached hydrogens (primary N) is 1. The summed E-state index contributed by atoms with van der Waals surface area (Å²) in [6, 6.07) is 0. The first-order valence-electron chi connectivity index (χ1n) is 2.92. The van der Waals surface area contributed by atoms with E-state index in [0.29, 0.717) is 0 Å². The molecule has 1 aliphatic rings. The van der Waals surface area contributed by atoms with Crippen LogP contribution >= 0.6 is 0 Å². The van der Waals surface area contributed by atoms with Crippen LogP contribution in [0, 0.1) is 0 Å². The van der Waals surface area contributed by atoms with Crippen LogP contribution in [0.1, 0.15) is 6.92 Å². The van der Waals surface area contributed by atoms with Crippen molar-refractivity contribution in [2.75, 3.05) is 13.6 Å². The van der Waals surface area contributed by atoms with E-state index in [-0.39, 0.29) is 6.29 Å². The molecule has 0 bridgehead atoms. The van der Waals surface area contributed by atoms with Crippen LogP contribution in [0.4, 0.5) is 0 Å². The van der Waals surface area contributed by atoms with Crippen molar-refractivity contribution in [3.05, 3.63) is 0 Å². The topological polar surface area (TPSA) is 57.2 Å². The van der Waals surface area contributed by atoms with Gasteiger partial charge >= 0.3 is 0 Å². The molecule has 1 rings (SSSR count). The average Bonchev–Trinajstić information content (AvgIpc) is 2.15. The van der Waals surface area contributed by atoms with Gasteiger partial charge in [0.25, 0.3) is 0 Å². The zero-order valence-electron chi connectivity index (χ0n) is 5.65. The first kappa shape index (κ1) is 6.28. The van der Waals surface area contributed by atoms with Crippen molar-refractivity contribution in [1.29, 1.82) is 0 Å². The van der Waals surface area contributed by atoms with E-state index in [4.69, 9.17) is 5.73 Å². The molecule has 0 amide bonds. The Labute approximate surface area is 54.1 Å². The van der Waals surface area contributed by atoms with Crippen LogP contribution in [0.25, 0.3) is 0 Å². The molecule has 1 unspecified atom stereocenters. The zero-order chi connectivity index (χ0) is 6.85. The highest BCUT2D eigenvalue weighted by Crippen LogP contribution is 2.07. The maximum absolute atomic E-state index is 5.60. The fraction of sp³-hybridized carbons (Fsp3) is 1.00. The van der Waals surface area contributed by atoms with E-state index >= 15 is 0 Å². The predicted molar refractivity (Wildman–Crippen MR) is 33.0 cm³/mol. The summed E-state index contributed by atoms with van der Waals surface area (Å²) in [5, 5.41) is 10.8. The van der Waals surface area contributed by atoms with E-state index in [1.807, 2.05) is 6.92 Å². The molecular weight excluding hydrogens is 118 g/mol. The van der Waals surface area contributed by atoms with E-state index in [2.05, 4.69) is 10.4 Å². The largest absolute Gasteiger partial charge is 0.291 e. The molecule has 9 heavy (non-hydrogen) atoms. The minimum Gasteiger partial charge on any atom is -0.291 e. The molecule has 52 valence electrons. The molecule has 0 aliphatic carbocycles. The van der Waals surface area contributed by atoms with Crippen molar-refractivity contribution in [3.8, 4) is 0 Å². The molecule has 0 saturated carbocycles. The van der Waals surface area contributed by atoms with E-state index in [1.54, 1.807) is 17.1 Å². The minimum absolute atomic E-state index is 0.171. The van der Waals surface area contributed by atoms with Crippen LogP contribution in [-0.2, 0) is 0 Å². The Morgan fingerprint density at radius 3 is 2.44 bits per heavy atom. The second-order valence-corrected chi connectivity index (χ2v) is 1.92. The Morgan fingerprint density at radius 1 is 1.56 bits per heavy atom. The number of hydrogen-bond donors (Lipinski definition) is 1. The van der Waals surface area contributed by atoms with Gasteiger partial charge in [-0.2, -0.15) is 0 Å². The summed E-state index contributed by atoms with van der Waals surface area (Å²) in [6.45, 7) is 2.78. The van der Waals surface area contributed by atoms with Crippen molar-refractivity contribution in [2.45, 2.75) is 13.2 Å². The third-order valence-electron chi connectivity index (χ3n) is 1.31. The van der Waals surface area contributed by atoms with Gasteiger partial charge in [-0.1, -0.05) is 10.4 Å². The fourth-order valence-electron chi connectivity index (χ4n) is 0.663. The molecule has 0 saturated heterocycles. The van der Waals surface area contributed by atoms with Gasteiger partial charge in [0.05, 0.1) is 0 Å². The zero-order valence-corrected chi connectivity index (χ0v) is 5.65. The molecule has 0 radical (unpaired) electrons. The molecule has 0 aromatic rings. The molecule has 5 heteroatoms. The molecular formula is C4H11N5. The van der Waals surface area contributed by atoms with Gasteiger partial charge in [-0.3, -0.25) is 5.73 Å². The molecule has 1 atom stereocenters. The Hall–Kier alpha value is -0.840. The van der Waals surface area contributed by atoms with Crippen molar-refractivity contribution < 1.29 is 0 Å². The highest BCUT2D eigenvalue weighted by Gasteiger charge is 2.19. The maximum Gasteiger partial charge on any atom is 0.189 e. The molecule has 5 nitrogen and oxygen atoms in total. The van der Waals surface area contributed by atoms with Gasteiger partial charge < -0.3 is 0 Å². The van der Waals surface area contributed by atoms with Gasteiger partial charge in [-0.25, -0.2) is 10.0 Å². The van der Waals surface area contributed by atoms with Crippen LogP contribution in [-0.4, -0.2) is 29.9 Å². The lowest BCUT2D eigenvalue weighted by molar-refractivity contribution is 0.141. The van der Waals surface area contributed by atoms with Crippen LogP contribution in [0.5, 0.6) is 0 Å². The van der Waals surface area contributed by atoms with Gasteiger partial charge in [0, 0.05) is 13.6 Å². The summed E-state index contributed by atoms with van der Waals surface area (Å²) >= 11 is 0. The Kier molecular flexibility index (Phi) is 1.52. The summed E-state index contributed by atoms with van der Waals surface area (Å²) < 4.78 is 0. The van der Waals surface area contributed by atoms with Gasteiger partial charge in [0.1, 0.15) is 0 Å². The standard InChI is InChI=1S/C4H11N5/c1-3-9-4(5)8(2)6-7-9/h4H,3,5H2,1-2H3. The molecule has 0 aromatic carbocycles. The van der Waals surface area contributed by atoms with Crippen molar-refractivity contribution >= 4 is 0 Å². The van der Waals surface area contributed by atoms with Crippen LogP contribution < -0.4 is 5.73 Å². The number of nitrogens with zero attached hydrogens (tertiary/aromatic N) is 4. The van der Waals surface area contributed by atoms with Gasteiger partial charge in [0.15, 0.2) is 6.29 Å². The normalized spacial score (nSPS) is 25.9. The first-order chi connectivity index (χ1) is 4.25. The Morgan fingerprint density at radius 2 is 2.22 bits per heavy atom. The van der Waals surface area contributed by atoms with Crippen LogP contribution in [0.2, 0.25) is 0 Å². The molecule has 0 aromatic heterocycles. The monoisotopic (exact) mass is 129 g/mol. The molecule has 0 fully saturated rings. The summed E-state index contributed by atoms with van der Waals surface area (Å²) in [5.41, 5.74) is 5.60. The van der Waals surface area contributed by atoms with Gasteiger partial charge in [-0.05, 0) is 6.92 Å². The van der Waals surface area contributed by atoms with Crippen LogP contribution in [0.15, 0.2) is 10.4 Å². The van der Waals surface area contributed by atoms with E-state index < -0.39 is 0 Å². The summed E-state index contributed by atoms with van der Waals surface area (Å²) in [6.07, 6.45) is -0.171. The minimum atomic E-state index is -0.171. The van der Waals surface area contributed by atoms with E-state index in [1.165, 1.54) is 0 Å². The Balaban J connectivity index is 2.51. The highest BCUT2D eigenvalue weighted by molar-refractivity contribution is 4.59. The second-order valence-electron chi connectivity index (χ2n) is 1.92. The fourth-order valence-corrected chi connectivity index (χ4v) is 0.663. The lowest BCUT2D eigenvalue weighted by atomic mass is 10.6. The van der Waals surface area contributed by atoms with Crippen molar-refractivity contribution in [1.82, 2.24) is 10.0 Å². The predicted octanol–water partition coefficient (Wildman–Crippen LogP) is -0.222. The smallest absolute Gasteiger partial charge is 0.189 e. The lowest BCUT2D eigenvalue weighted by Gasteiger charge is -2.19. The van der Waals surface area contributed by atoms with Crippen LogP contribution in [0.3, 0.4) is 0 Å². The van der Waals surface area contributed by atoms with Crippen molar-refractivity contribution in [2.24, 2.45) is 16.2 Å². The summed E-state index contributed by atoms with van der Waals surface area (Å²) in [7, 11) is 1.80. The average molecular weight is 129 g/mol. The summed E-state index contributed by atoms with van der Waals surface area (Å²) in [5.74, 6) is 0.